The van der Waals surface area contributed by atoms with Gasteiger partial charge in [-0.1, -0.05) is 34.6 Å². The van der Waals surface area contributed by atoms with Crippen molar-refractivity contribution in [2.45, 2.75) is 167 Å². The Kier molecular flexibility index (Phi) is 8.63. The van der Waals surface area contributed by atoms with E-state index in [4.69, 9.17) is 23.7 Å². The van der Waals surface area contributed by atoms with Gasteiger partial charge in [0.1, 0.15) is 36.1 Å². The molecule has 0 aromatic heterocycles. The summed E-state index contributed by atoms with van der Waals surface area (Å²) in [5.41, 5.74) is -3.09. The molecule has 286 valence electrons. The number of ether oxygens (including phenoxy) is 5. The van der Waals surface area contributed by atoms with E-state index in [0.29, 0.717) is 19.3 Å². The fourth-order valence-corrected chi connectivity index (χ4v) is 13.9. The minimum Gasteiger partial charge on any atom is -0.457 e. The van der Waals surface area contributed by atoms with Crippen LogP contribution in [0.25, 0.3) is 0 Å². The van der Waals surface area contributed by atoms with Gasteiger partial charge < -0.3 is 54.3 Å². The molecule has 7 fully saturated rings. The maximum absolute atomic E-state index is 12.7. The van der Waals surface area contributed by atoms with Crippen molar-refractivity contribution >= 4 is 5.97 Å². The average molecular weight is 711 g/mol. The number of fused-ring (bicyclic) bond motifs is 4. The van der Waals surface area contributed by atoms with Crippen molar-refractivity contribution in [2.75, 3.05) is 13.7 Å². The smallest absolute Gasteiger partial charge is 0.303 e. The normalized spacial score (nSPS) is 55.8. The van der Waals surface area contributed by atoms with Gasteiger partial charge in [0.2, 0.25) is 0 Å². The van der Waals surface area contributed by atoms with Crippen molar-refractivity contribution in [1.82, 2.24) is 0 Å². The molecule has 6 N–H and O–H groups in total. The number of carbonyl (C=O) groups excluding carboxylic acids is 1. The Labute approximate surface area is 296 Å². The molecule has 18 atom stereocenters. The second-order valence-electron chi connectivity index (χ2n) is 19.1. The van der Waals surface area contributed by atoms with E-state index in [-0.39, 0.29) is 41.3 Å². The minimum atomic E-state index is -1.93. The van der Waals surface area contributed by atoms with E-state index >= 15 is 0 Å². The van der Waals surface area contributed by atoms with Crippen LogP contribution >= 0.6 is 0 Å². The Balaban J connectivity index is 1.19. The van der Waals surface area contributed by atoms with Crippen LogP contribution < -0.4 is 0 Å². The molecule has 2 saturated heterocycles. The number of esters is 1. The van der Waals surface area contributed by atoms with Crippen LogP contribution in [0.5, 0.6) is 0 Å². The molecule has 12 heteroatoms. The first-order valence-electron chi connectivity index (χ1n) is 18.9. The number of aliphatic hydroxyl groups excluding tert-OH is 5. The van der Waals surface area contributed by atoms with Gasteiger partial charge in [0, 0.05) is 25.4 Å². The summed E-state index contributed by atoms with van der Waals surface area (Å²) in [7, 11) is 1.55. The molecule has 2 heterocycles. The molecule has 50 heavy (non-hydrogen) atoms. The monoisotopic (exact) mass is 710 g/mol. The SMILES string of the molecule is COC(C)(C)[C@@H](OC(C)=O)[C@H]1C[C@@H](C)[C@H]2[C@](O)(O1)[C@H](O)[C@@]1(C)[C@@H]3[C@@H](O)C[C@@H]4C(C)(C)[C@@H](O[C@@H]5OC[C@@H](O)[C@@H](O)[C@@H]5O)CC[C@@]45C[C@@]35CC[C@]21C. The van der Waals surface area contributed by atoms with Crippen LogP contribution in [0.15, 0.2) is 0 Å². The highest BCUT2D eigenvalue weighted by molar-refractivity contribution is 5.66. The summed E-state index contributed by atoms with van der Waals surface area (Å²) in [6.07, 6.45) is -3.74. The summed E-state index contributed by atoms with van der Waals surface area (Å²) in [4.78, 5) is 12.3. The van der Waals surface area contributed by atoms with Crippen molar-refractivity contribution < 1.29 is 59.1 Å². The zero-order valence-corrected chi connectivity index (χ0v) is 31.3. The second kappa shape index (κ2) is 11.5. The summed E-state index contributed by atoms with van der Waals surface area (Å²) < 4.78 is 30.2. The molecule has 0 unspecified atom stereocenters. The topological polar surface area (TPSA) is 185 Å². The lowest BCUT2D eigenvalue weighted by Gasteiger charge is -2.64. The molecule has 7 aliphatic rings. The van der Waals surface area contributed by atoms with Gasteiger partial charge in [-0.2, -0.15) is 0 Å². The zero-order valence-electron chi connectivity index (χ0n) is 31.3. The van der Waals surface area contributed by atoms with Crippen LogP contribution in [0.2, 0.25) is 0 Å². The number of methoxy groups -OCH3 is 1. The molecule has 12 nitrogen and oxygen atoms in total. The number of rotatable bonds is 6. The molecule has 2 spiro atoms. The van der Waals surface area contributed by atoms with E-state index in [1.54, 1.807) is 7.11 Å². The van der Waals surface area contributed by atoms with Crippen molar-refractivity contribution in [1.29, 1.82) is 0 Å². The third kappa shape index (κ3) is 4.62. The van der Waals surface area contributed by atoms with E-state index in [9.17, 15) is 35.4 Å². The quantitative estimate of drug-likeness (QED) is 0.175. The second-order valence-corrected chi connectivity index (χ2v) is 19.1. The van der Waals surface area contributed by atoms with Crippen LogP contribution in [-0.2, 0) is 28.5 Å². The van der Waals surface area contributed by atoms with Crippen LogP contribution in [0.1, 0.15) is 100 Å². The van der Waals surface area contributed by atoms with Crippen LogP contribution in [0.4, 0.5) is 0 Å². The van der Waals surface area contributed by atoms with Crippen molar-refractivity contribution in [2.24, 2.45) is 50.7 Å². The first-order chi connectivity index (χ1) is 23.1. The number of hydrogen-bond acceptors (Lipinski definition) is 12. The third-order valence-electron chi connectivity index (χ3n) is 16.4. The molecule has 0 aromatic rings. The van der Waals surface area contributed by atoms with Crippen LogP contribution in [0, 0.1) is 50.7 Å². The van der Waals surface area contributed by atoms with Crippen LogP contribution in [0.3, 0.4) is 0 Å². The molecule has 0 aromatic carbocycles. The largest absolute Gasteiger partial charge is 0.457 e. The Morgan fingerprint density at radius 3 is 2.24 bits per heavy atom. The third-order valence-corrected chi connectivity index (χ3v) is 16.4. The highest BCUT2D eigenvalue weighted by atomic mass is 16.7. The lowest BCUT2D eigenvalue weighted by Crippen LogP contribution is -2.64. The summed E-state index contributed by atoms with van der Waals surface area (Å²) in [5.74, 6) is -3.10. The van der Waals surface area contributed by atoms with Gasteiger partial charge in [-0.25, -0.2) is 0 Å². The number of aliphatic hydroxyl groups is 6. The lowest BCUT2D eigenvalue weighted by molar-refractivity contribution is -0.343. The molecule has 0 radical (unpaired) electrons. The number of carbonyl (C=O) groups is 1. The molecule has 5 saturated carbocycles. The highest BCUT2D eigenvalue weighted by Crippen LogP contribution is 2.89. The van der Waals surface area contributed by atoms with Gasteiger partial charge in [0.15, 0.2) is 18.2 Å². The molecular formula is C38H62O12. The van der Waals surface area contributed by atoms with Gasteiger partial charge in [0.25, 0.3) is 0 Å². The lowest BCUT2D eigenvalue weighted by atomic mass is 9.40. The molecular weight excluding hydrogens is 648 g/mol. The van der Waals surface area contributed by atoms with E-state index in [1.165, 1.54) is 6.92 Å². The fourth-order valence-electron chi connectivity index (χ4n) is 13.9. The fraction of sp³-hybridized carbons (Fsp3) is 0.974. The van der Waals surface area contributed by atoms with E-state index < -0.39 is 88.5 Å². The minimum absolute atomic E-state index is 0.0830. The predicted octanol–water partition coefficient (Wildman–Crippen LogP) is 2.27. The van der Waals surface area contributed by atoms with E-state index in [0.717, 1.165) is 25.7 Å². The predicted molar refractivity (Wildman–Crippen MR) is 178 cm³/mol. The average Bonchev–Trinajstić information content (AvgIpc) is 3.66. The molecule has 0 bridgehead atoms. The van der Waals surface area contributed by atoms with Crippen molar-refractivity contribution in [3.8, 4) is 0 Å². The first-order valence-corrected chi connectivity index (χ1v) is 18.9. The van der Waals surface area contributed by atoms with Gasteiger partial charge in [-0.3, -0.25) is 4.79 Å². The summed E-state index contributed by atoms with van der Waals surface area (Å²) >= 11 is 0. The molecule has 7 rings (SSSR count). The summed E-state index contributed by atoms with van der Waals surface area (Å²) in [6, 6.07) is 0. The maximum atomic E-state index is 12.7. The summed E-state index contributed by atoms with van der Waals surface area (Å²) in [6.45, 7) is 15.5. The Morgan fingerprint density at radius 2 is 1.60 bits per heavy atom. The molecule has 0 amide bonds. The summed E-state index contributed by atoms with van der Waals surface area (Å²) in [5, 5.41) is 68.6. The van der Waals surface area contributed by atoms with Gasteiger partial charge in [-0.15, -0.1) is 0 Å². The van der Waals surface area contributed by atoms with E-state index in [2.05, 4.69) is 34.6 Å². The van der Waals surface area contributed by atoms with Crippen LogP contribution in [-0.4, -0.2) is 117 Å². The molecule has 2 aliphatic heterocycles. The standard InChI is InChI=1S/C38H62O12/c1-18-14-22(29(48-19(2)39)33(5,6)46-9)50-38(45)27(18)34(7)12-13-37-17-36(37)11-10-24(49-30-26(43)25(42)21(41)16-47-30)32(3,4)23(36)15-20(40)28(37)35(34,8)31(38)44/h18,20-31,40-45H,10-17H2,1-9H3/t18-,20+,21-,22-,23-,24+,25-,26+,27-,28+,29+,30+,31-,34-,35-,36-,37+,38+/m1/s1. The van der Waals surface area contributed by atoms with Gasteiger partial charge in [-0.05, 0) is 98.2 Å². The first kappa shape index (κ1) is 37.4. The highest BCUT2D eigenvalue weighted by Gasteiger charge is 2.88. The zero-order chi connectivity index (χ0) is 36.8. The van der Waals surface area contributed by atoms with Gasteiger partial charge >= 0.3 is 5.97 Å². The van der Waals surface area contributed by atoms with Crippen molar-refractivity contribution in [3.05, 3.63) is 0 Å². The Hall–Kier alpha value is -0.930. The Bertz CT molecular complexity index is 1360. The number of hydrogen-bond donors (Lipinski definition) is 6. The van der Waals surface area contributed by atoms with Gasteiger partial charge in [0.05, 0.1) is 18.8 Å². The maximum Gasteiger partial charge on any atom is 0.303 e. The van der Waals surface area contributed by atoms with Crippen molar-refractivity contribution in [3.63, 3.8) is 0 Å². The van der Waals surface area contributed by atoms with E-state index in [1.807, 2.05) is 13.8 Å². The Morgan fingerprint density at radius 1 is 0.920 bits per heavy atom. The molecule has 5 aliphatic carbocycles.